The summed E-state index contributed by atoms with van der Waals surface area (Å²) < 4.78 is 13.3. The lowest BCUT2D eigenvalue weighted by Gasteiger charge is -2.29. The first kappa shape index (κ1) is 12.0. The van der Waals surface area contributed by atoms with Crippen LogP contribution in [0.3, 0.4) is 0 Å². The first-order chi connectivity index (χ1) is 9.14. The molecule has 100 valence electrons. The van der Waals surface area contributed by atoms with Crippen molar-refractivity contribution in [1.82, 2.24) is 9.55 Å². The van der Waals surface area contributed by atoms with Gasteiger partial charge < -0.3 is 9.47 Å². The van der Waals surface area contributed by atoms with Gasteiger partial charge in [0.1, 0.15) is 18.4 Å². The topological polar surface area (TPSA) is 102 Å². The van der Waals surface area contributed by atoms with Gasteiger partial charge in [-0.3, -0.25) is 9.36 Å². The van der Waals surface area contributed by atoms with E-state index in [2.05, 4.69) is 15.0 Å². The summed E-state index contributed by atoms with van der Waals surface area (Å²) >= 11 is 0. The lowest BCUT2D eigenvalue weighted by Crippen LogP contribution is -2.43. The summed E-state index contributed by atoms with van der Waals surface area (Å²) in [5.41, 5.74) is 7.50. The van der Waals surface area contributed by atoms with Crippen molar-refractivity contribution in [1.29, 1.82) is 0 Å². The summed E-state index contributed by atoms with van der Waals surface area (Å²) in [4.78, 5) is 17.9. The van der Waals surface area contributed by atoms with Crippen LogP contribution in [0.1, 0.15) is 19.6 Å². The van der Waals surface area contributed by atoms with Crippen LogP contribution in [0.4, 0.5) is 0 Å². The van der Waals surface area contributed by atoms with Crippen molar-refractivity contribution >= 4 is 0 Å². The van der Waals surface area contributed by atoms with Gasteiger partial charge in [0.15, 0.2) is 0 Å². The number of hydrogen-bond acceptors (Lipinski definition) is 5. The fraction of sp³-hybridized carbons (Fsp3) is 0.636. The largest absolute Gasteiger partial charge is 0.461 e. The van der Waals surface area contributed by atoms with Crippen LogP contribution in [0.15, 0.2) is 22.2 Å². The lowest BCUT2D eigenvalue weighted by molar-refractivity contribution is -0.0807. The third-order valence-corrected chi connectivity index (χ3v) is 3.79. The summed E-state index contributed by atoms with van der Waals surface area (Å²) in [5, 5.41) is 3.62. The maximum absolute atomic E-state index is 11.3. The number of azide groups is 1. The highest BCUT2D eigenvalue weighted by Crippen LogP contribution is 2.44. The number of nitrogens with zero attached hydrogens (tertiary/aromatic N) is 5. The second-order valence-electron chi connectivity index (χ2n) is 4.91. The summed E-state index contributed by atoms with van der Waals surface area (Å²) in [5.74, 6) is 0.190. The van der Waals surface area contributed by atoms with Crippen molar-refractivity contribution in [2.75, 3.05) is 13.2 Å². The van der Waals surface area contributed by atoms with Gasteiger partial charge in [-0.1, -0.05) is 12.0 Å². The molecule has 19 heavy (non-hydrogen) atoms. The summed E-state index contributed by atoms with van der Waals surface area (Å²) in [7, 11) is 0. The quantitative estimate of drug-likeness (QED) is 0.455. The normalized spacial score (nSPS) is 31.8. The van der Waals surface area contributed by atoms with E-state index in [4.69, 9.17) is 15.0 Å². The molecule has 0 amide bonds. The van der Waals surface area contributed by atoms with Crippen molar-refractivity contribution < 1.29 is 9.47 Å². The molecule has 0 saturated carbocycles. The van der Waals surface area contributed by atoms with Crippen molar-refractivity contribution in [2.45, 2.75) is 25.2 Å². The van der Waals surface area contributed by atoms with Gasteiger partial charge in [-0.15, -0.1) is 0 Å². The molecule has 3 rings (SSSR count). The fourth-order valence-corrected chi connectivity index (χ4v) is 2.60. The van der Waals surface area contributed by atoms with Crippen molar-refractivity contribution in [3.63, 3.8) is 0 Å². The van der Waals surface area contributed by atoms with Crippen LogP contribution >= 0.6 is 0 Å². The molecule has 2 bridgehead atoms. The van der Waals surface area contributed by atoms with Crippen LogP contribution in [-0.2, 0) is 4.74 Å². The van der Waals surface area contributed by atoms with Gasteiger partial charge in [0, 0.05) is 17.2 Å². The Labute approximate surface area is 108 Å². The van der Waals surface area contributed by atoms with Gasteiger partial charge in [-0.25, -0.2) is 0 Å². The Kier molecular flexibility index (Phi) is 2.69. The number of hydrogen-bond donors (Lipinski definition) is 0. The van der Waals surface area contributed by atoms with E-state index >= 15 is 0 Å². The van der Waals surface area contributed by atoms with Gasteiger partial charge in [0.05, 0.1) is 6.54 Å². The van der Waals surface area contributed by atoms with E-state index in [1.807, 2.05) is 6.92 Å². The number of aromatic nitrogens is 2. The minimum Gasteiger partial charge on any atom is -0.461 e. The molecule has 1 fully saturated rings. The van der Waals surface area contributed by atoms with E-state index in [1.54, 1.807) is 10.8 Å². The summed E-state index contributed by atoms with van der Waals surface area (Å²) in [6, 6.07) is 1.63. The van der Waals surface area contributed by atoms with Gasteiger partial charge in [-0.05, 0) is 17.9 Å². The van der Waals surface area contributed by atoms with Crippen LogP contribution in [0.25, 0.3) is 10.4 Å². The molecule has 0 aliphatic carbocycles. The third-order valence-electron chi connectivity index (χ3n) is 3.79. The first-order valence-corrected chi connectivity index (χ1v) is 6.05. The SMILES string of the molecule is C[C@H]1C[C@H]2O[C@]1(CN=[N+]=[N-])COc1nc(=O)ccn12. The molecule has 0 radical (unpaired) electrons. The van der Waals surface area contributed by atoms with E-state index < -0.39 is 5.60 Å². The predicted octanol–water partition coefficient (Wildman–Crippen LogP) is 1.24. The Morgan fingerprint density at radius 3 is 3.37 bits per heavy atom. The van der Waals surface area contributed by atoms with E-state index in [1.165, 1.54) is 6.07 Å². The van der Waals surface area contributed by atoms with Gasteiger partial charge in [-0.2, -0.15) is 4.98 Å². The van der Waals surface area contributed by atoms with Crippen molar-refractivity contribution in [3.8, 4) is 6.01 Å². The maximum atomic E-state index is 11.3. The van der Waals surface area contributed by atoms with E-state index in [0.29, 0.717) is 0 Å². The first-order valence-electron chi connectivity index (χ1n) is 6.05. The van der Waals surface area contributed by atoms with E-state index in [9.17, 15) is 4.79 Å². The van der Waals surface area contributed by atoms with Gasteiger partial charge in [0.25, 0.3) is 5.56 Å². The Balaban J connectivity index is 2.00. The summed E-state index contributed by atoms with van der Waals surface area (Å²) in [6.07, 6.45) is 2.15. The zero-order valence-corrected chi connectivity index (χ0v) is 10.4. The Morgan fingerprint density at radius 1 is 1.74 bits per heavy atom. The molecule has 2 aliphatic rings. The smallest absolute Gasteiger partial charge is 0.301 e. The zero-order chi connectivity index (χ0) is 13.5. The molecule has 3 atom stereocenters. The molecule has 0 unspecified atom stereocenters. The van der Waals surface area contributed by atoms with Crippen LogP contribution in [0.5, 0.6) is 6.01 Å². The standard InChI is InChI=1S/C11H13N5O3/c1-7-4-9-16-3-2-8(17)14-10(16)18-6-11(7,19-9)5-13-15-12/h2-3,7,9H,4-6H2,1H3/t7-,9+,11+/m0/s1. The summed E-state index contributed by atoms with van der Waals surface area (Å²) in [6.45, 7) is 2.47. The zero-order valence-electron chi connectivity index (χ0n) is 10.4. The minimum atomic E-state index is -0.645. The Morgan fingerprint density at radius 2 is 2.58 bits per heavy atom. The minimum absolute atomic E-state index is 0.190. The molecule has 8 nitrogen and oxygen atoms in total. The molecule has 3 heterocycles. The van der Waals surface area contributed by atoms with Crippen molar-refractivity contribution in [2.24, 2.45) is 11.0 Å². The molecular formula is C11H13N5O3. The van der Waals surface area contributed by atoms with Crippen LogP contribution in [0, 0.1) is 5.92 Å². The van der Waals surface area contributed by atoms with E-state index in [-0.39, 0.29) is 36.9 Å². The second kappa shape index (κ2) is 4.25. The molecule has 2 aliphatic heterocycles. The van der Waals surface area contributed by atoms with E-state index in [0.717, 1.165) is 6.42 Å². The van der Waals surface area contributed by atoms with Gasteiger partial charge in [0.2, 0.25) is 0 Å². The number of ether oxygens (including phenoxy) is 2. The van der Waals surface area contributed by atoms with Crippen LogP contribution < -0.4 is 10.3 Å². The monoisotopic (exact) mass is 263 g/mol. The molecular weight excluding hydrogens is 250 g/mol. The highest BCUT2D eigenvalue weighted by atomic mass is 16.6. The van der Waals surface area contributed by atoms with Crippen LogP contribution in [0.2, 0.25) is 0 Å². The predicted molar refractivity (Wildman–Crippen MR) is 64.6 cm³/mol. The van der Waals surface area contributed by atoms with Gasteiger partial charge >= 0.3 is 6.01 Å². The molecule has 8 heteroatoms. The molecule has 1 saturated heterocycles. The van der Waals surface area contributed by atoms with Crippen LogP contribution in [-0.4, -0.2) is 28.3 Å². The molecule has 0 spiro atoms. The molecule has 1 aromatic rings. The molecule has 1 aromatic heterocycles. The average molecular weight is 263 g/mol. The number of fused-ring (bicyclic) bond motifs is 4. The Bertz CT molecular complexity index is 609. The number of rotatable bonds is 2. The maximum Gasteiger partial charge on any atom is 0.301 e. The van der Waals surface area contributed by atoms with Crippen molar-refractivity contribution in [3.05, 3.63) is 33.1 Å². The molecule has 0 aromatic carbocycles. The average Bonchev–Trinajstić information content (AvgIpc) is 2.62. The fourth-order valence-electron chi connectivity index (χ4n) is 2.60. The molecule has 0 N–H and O–H groups in total. The lowest BCUT2D eigenvalue weighted by atomic mass is 9.89. The Hall–Kier alpha value is -2.05. The third kappa shape index (κ3) is 1.85. The second-order valence-corrected chi connectivity index (χ2v) is 4.91. The highest BCUT2D eigenvalue weighted by Gasteiger charge is 2.49. The highest BCUT2D eigenvalue weighted by molar-refractivity contribution is 5.08.